The Morgan fingerprint density at radius 2 is 1.62 bits per heavy atom. The Labute approximate surface area is 100 Å². The summed E-state index contributed by atoms with van der Waals surface area (Å²) in [5, 5.41) is 0. The predicted octanol–water partition coefficient (Wildman–Crippen LogP) is 3.32. The molecule has 2 nitrogen and oxygen atoms in total. The van der Waals surface area contributed by atoms with E-state index in [9.17, 15) is 4.79 Å². The molecule has 0 radical (unpaired) electrons. The Morgan fingerprint density at radius 1 is 1.12 bits per heavy atom. The SMILES string of the molecule is CCN(CC)C(=O)C1CCC(C(C)C)CC1. The van der Waals surface area contributed by atoms with Crippen LogP contribution in [0.25, 0.3) is 0 Å². The second-order valence-electron chi connectivity index (χ2n) is 5.37. The lowest BCUT2D eigenvalue weighted by atomic mass is 9.76. The minimum absolute atomic E-state index is 0.315. The van der Waals surface area contributed by atoms with Gasteiger partial charge in [-0.05, 0) is 51.4 Å². The number of hydrogen-bond acceptors (Lipinski definition) is 1. The summed E-state index contributed by atoms with van der Waals surface area (Å²) < 4.78 is 0. The highest BCUT2D eigenvalue weighted by Crippen LogP contribution is 2.33. The van der Waals surface area contributed by atoms with Crippen molar-refractivity contribution in [3.63, 3.8) is 0 Å². The summed E-state index contributed by atoms with van der Waals surface area (Å²) in [6.45, 7) is 10.5. The van der Waals surface area contributed by atoms with E-state index in [1.54, 1.807) is 0 Å². The van der Waals surface area contributed by atoms with Crippen molar-refractivity contribution in [2.75, 3.05) is 13.1 Å². The molecular formula is C14H27NO. The molecule has 0 heterocycles. The van der Waals surface area contributed by atoms with Crippen molar-refractivity contribution in [2.45, 2.75) is 53.4 Å². The Balaban J connectivity index is 2.44. The zero-order valence-electron chi connectivity index (χ0n) is 11.3. The average Bonchev–Trinajstić information content (AvgIpc) is 2.30. The topological polar surface area (TPSA) is 20.3 Å². The number of rotatable bonds is 4. The Bertz CT molecular complexity index is 213. The van der Waals surface area contributed by atoms with Gasteiger partial charge in [-0.3, -0.25) is 4.79 Å². The van der Waals surface area contributed by atoms with Crippen LogP contribution >= 0.6 is 0 Å². The number of carbonyl (C=O) groups is 1. The maximum Gasteiger partial charge on any atom is 0.225 e. The van der Waals surface area contributed by atoms with Gasteiger partial charge in [-0.25, -0.2) is 0 Å². The first kappa shape index (κ1) is 13.5. The molecule has 0 bridgehead atoms. The maximum atomic E-state index is 12.2. The van der Waals surface area contributed by atoms with Gasteiger partial charge < -0.3 is 4.90 Å². The van der Waals surface area contributed by atoms with Crippen LogP contribution in [0, 0.1) is 17.8 Å². The van der Waals surface area contributed by atoms with E-state index in [-0.39, 0.29) is 0 Å². The fraction of sp³-hybridized carbons (Fsp3) is 0.929. The summed E-state index contributed by atoms with van der Waals surface area (Å²) in [6, 6.07) is 0. The van der Waals surface area contributed by atoms with Crippen molar-refractivity contribution in [1.29, 1.82) is 0 Å². The van der Waals surface area contributed by atoms with Gasteiger partial charge in [0.1, 0.15) is 0 Å². The van der Waals surface area contributed by atoms with E-state index >= 15 is 0 Å². The fourth-order valence-electron chi connectivity index (χ4n) is 2.83. The molecule has 1 saturated carbocycles. The molecule has 94 valence electrons. The third-order valence-electron chi connectivity index (χ3n) is 4.14. The first-order valence-electron chi connectivity index (χ1n) is 6.88. The average molecular weight is 225 g/mol. The third kappa shape index (κ3) is 3.23. The van der Waals surface area contributed by atoms with Crippen LogP contribution in [0.1, 0.15) is 53.4 Å². The monoisotopic (exact) mass is 225 g/mol. The molecule has 2 heteroatoms. The van der Waals surface area contributed by atoms with Crippen molar-refractivity contribution in [3.05, 3.63) is 0 Å². The highest BCUT2D eigenvalue weighted by molar-refractivity contribution is 5.78. The summed E-state index contributed by atoms with van der Waals surface area (Å²) in [5.74, 6) is 2.34. The molecule has 0 saturated heterocycles. The molecule has 0 unspecified atom stereocenters. The van der Waals surface area contributed by atoms with E-state index in [1.807, 2.05) is 4.90 Å². The number of nitrogens with zero attached hydrogens (tertiary/aromatic N) is 1. The first-order chi connectivity index (χ1) is 7.60. The fourth-order valence-corrected chi connectivity index (χ4v) is 2.83. The van der Waals surface area contributed by atoms with Gasteiger partial charge in [0.2, 0.25) is 5.91 Å². The summed E-state index contributed by atoms with van der Waals surface area (Å²) in [7, 11) is 0. The maximum absolute atomic E-state index is 12.2. The molecule has 1 aliphatic rings. The van der Waals surface area contributed by atoms with E-state index in [0.717, 1.165) is 37.8 Å². The van der Waals surface area contributed by atoms with E-state index in [4.69, 9.17) is 0 Å². The van der Waals surface area contributed by atoms with Crippen LogP contribution in [0.4, 0.5) is 0 Å². The van der Waals surface area contributed by atoms with Crippen molar-refractivity contribution in [1.82, 2.24) is 4.90 Å². The Kier molecular flexibility index (Phi) is 5.30. The normalized spacial score (nSPS) is 25.8. The van der Waals surface area contributed by atoms with Crippen molar-refractivity contribution < 1.29 is 4.79 Å². The molecule has 0 aliphatic heterocycles. The summed E-state index contributed by atoms with van der Waals surface area (Å²) >= 11 is 0. The van der Waals surface area contributed by atoms with Crippen LogP contribution in [-0.2, 0) is 4.79 Å². The van der Waals surface area contributed by atoms with Gasteiger partial charge in [0.05, 0.1) is 0 Å². The lowest BCUT2D eigenvalue weighted by Crippen LogP contribution is -2.37. The first-order valence-corrected chi connectivity index (χ1v) is 6.88. The van der Waals surface area contributed by atoms with Crippen LogP contribution in [0.15, 0.2) is 0 Å². The smallest absolute Gasteiger partial charge is 0.225 e. The highest BCUT2D eigenvalue weighted by atomic mass is 16.2. The van der Waals surface area contributed by atoms with E-state index in [0.29, 0.717) is 11.8 Å². The molecule has 1 rings (SSSR count). The lowest BCUT2D eigenvalue weighted by Gasteiger charge is -2.32. The van der Waals surface area contributed by atoms with Crippen molar-refractivity contribution >= 4 is 5.91 Å². The molecule has 0 spiro atoms. The van der Waals surface area contributed by atoms with Gasteiger partial charge in [0.15, 0.2) is 0 Å². The predicted molar refractivity (Wildman–Crippen MR) is 68.2 cm³/mol. The van der Waals surface area contributed by atoms with Crippen molar-refractivity contribution in [2.24, 2.45) is 17.8 Å². The number of amides is 1. The molecular weight excluding hydrogens is 198 g/mol. The molecule has 16 heavy (non-hydrogen) atoms. The van der Waals surface area contributed by atoms with Gasteiger partial charge in [-0.15, -0.1) is 0 Å². The second-order valence-corrected chi connectivity index (χ2v) is 5.37. The highest BCUT2D eigenvalue weighted by Gasteiger charge is 2.29. The molecule has 0 aromatic heterocycles. The third-order valence-corrected chi connectivity index (χ3v) is 4.14. The van der Waals surface area contributed by atoms with Crippen molar-refractivity contribution in [3.8, 4) is 0 Å². The molecule has 0 atom stereocenters. The van der Waals surface area contributed by atoms with Crippen LogP contribution in [0.5, 0.6) is 0 Å². The molecule has 1 amide bonds. The van der Waals surface area contributed by atoms with E-state index < -0.39 is 0 Å². The zero-order chi connectivity index (χ0) is 12.1. The number of hydrogen-bond donors (Lipinski definition) is 0. The molecule has 1 fully saturated rings. The van der Waals surface area contributed by atoms with Crippen LogP contribution < -0.4 is 0 Å². The zero-order valence-corrected chi connectivity index (χ0v) is 11.3. The summed E-state index contributed by atoms with van der Waals surface area (Å²) in [4.78, 5) is 14.1. The van der Waals surface area contributed by atoms with Gasteiger partial charge in [-0.1, -0.05) is 13.8 Å². The van der Waals surface area contributed by atoms with Gasteiger partial charge >= 0.3 is 0 Å². The quantitative estimate of drug-likeness (QED) is 0.718. The Morgan fingerprint density at radius 3 is 2.00 bits per heavy atom. The lowest BCUT2D eigenvalue weighted by molar-refractivity contribution is -0.136. The van der Waals surface area contributed by atoms with Crippen LogP contribution in [0.3, 0.4) is 0 Å². The van der Waals surface area contributed by atoms with Gasteiger partial charge in [0, 0.05) is 19.0 Å². The minimum atomic E-state index is 0.315. The molecule has 1 aliphatic carbocycles. The summed E-state index contributed by atoms with van der Waals surface area (Å²) in [5.41, 5.74) is 0. The number of carbonyl (C=O) groups excluding carboxylic acids is 1. The summed E-state index contributed by atoms with van der Waals surface area (Å²) in [6.07, 6.45) is 4.71. The van der Waals surface area contributed by atoms with E-state index in [2.05, 4.69) is 27.7 Å². The standard InChI is InChI=1S/C14H27NO/c1-5-15(6-2)14(16)13-9-7-12(8-10-13)11(3)4/h11-13H,5-10H2,1-4H3. The van der Waals surface area contributed by atoms with Gasteiger partial charge in [0.25, 0.3) is 0 Å². The molecule has 0 N–H and O–H groups in total. The minimum Gasteiger partial charge on any atom is -0.343 e. The van der Waals surface area contributed by atoms with E-state index in [1.165, 1.54) is 12.8 Å². The largest absolute Gasteiger partial charge is 0.343 e. The Hall–Kier alpha value is -0.530. The van der Waals surface area contributed by atoms with Gasteiger partial charge in [-0.2, -0.15) is 0 Å². The molecule has 0 aromatic rings. The van der Waals surface area contributed by atoms with Crippen LogP contribution in [-0.4, -0.2) is 23.9 Å². The molecule has 0 aromatic carbocycles. The second kappa shape index (κ2) is 6.27. The van der Waals surface area contributed by atoms with Crippen LogP contribution in [0.2, 0.25) is 0 Å².